The first-order chi connectivity index (χ1) is 12.5. The van der Waals surface area contributed by atoms with E-state index in [-0.39, 0.29) is 18.3 Å². The standard InChI is InChI=1S/C21H23NO4/c1-14(2)15-5-4-6-17(11-15)22-13-16(12-20(22)23)21(24)26-19-9-7-18(25-3)8-10-19/h4-11,14,16H,12-13H2,1-3H3. The van der Waals surface area contributed by atoms with Crippen molar-refractivity contribution in [3.05, 3.63) is 54.1 Å². The fraction of sp³-hybridized carbons (Fsp3) is 0.333. The Labute approximate surface area is 153 Å². The number of nitrogens with zero attached hydrogens (tertiary/aromatic N) is 1. The maximum atomic E-state index is 12.4. The summed E-state index contributed by atoms with van der Waals surface area (Å²) in [6.45, 7) is 4.56. The summed E-state index contributed by atoms with van der Waals surface area (Å²) in [5, 5.41) is 0. The second kappa shape index (κ2) is 7.60. The fourth-order valence-corrected chi connectivity index (χ4v) is 3.01. The summed E-state index contributed by atoms with van der Waals surface area (Å²) in [4.78, 5) is 26.5. The van der Waals surface area contributed by atoms with Crippen LogP contribution < -0.4 is 14.4 Å². The van der Waals surface area contributed by atoms with Crippen molar-refractivity contribution < 1.29 is 19.1 Å². The molecule has 0 bridgehead atoms. The number of carbonyl (C=O) groups excluding carboxylic acids is 2. The van der Waals surface area contributed by atoms with E-state index in [1.807, 2.05) is 24.3 Å². The van der Waals surface area contributed by atoms with Gasteiger partial charge in [0.15, 0.2) is 0 Å². The third-order valence-electron chi connectivity index (χ3n) is 4.58. The Bertz CT molecular complexity index is 798. The van der Waals surface area contributed by atoms with Gasteiger partial charge in [-0.15, -0.1) is 0 Å². The summed E-state index contributed by atoms with van der Waals surface area (Å²) in [7, 11) is 1.58. The molecule has 2 aromatic carbocycles. The van der Waals surface area contributed by atoms with Crippen LogP contribution in [0.5, 0.6) is 11.5 Å². The number of anilines is 1. The molecule has 1 saturated heterocycles. The molecule has 136 valence electrons. The third-order valence-corrected chi connectivity index (χ3v) is 4.58. The number of hydrogen-bond donors (Lipinski definition) is 0. The number of methoxy groups -OCH3 is 1. The summed E-state index contributed by atoms with van der Waals surface area (Å²) in [6, 6.07) is 14.7. The van der Waals surface area contributed by atoms with Gasteiger partial charge in [0.25, 0.3) is 0 Å². The van der Waals surface area contributed by atoms with Gasteiger partial charge < -0.3 is 14.4 Å². The van der Waals surface area contributed by atoms with Crippen LogP contribution in [0.1, 0.15) is 31.7 Å². The molecule has 0 spiro atoms. The minimum absolute atomic E-state index is 0.0532. The van der Waals surface area contributed by atoms with Crippen LogP contribution in [-0.4, -0.2) is 25.5 Å². The molecule has 1 aliphatic heterocycles. The van der Waals surface area contributed by atoms with E-state index in [4.69, 9.17) is 9.47 Å². The molecule has 3 rings (SSSR count). The Kier molecular flexibility index (Phi) is 5.26. The SMILES string of the molecule is COc1ccc(OC(=O)C2CC(=O)N(c3cccc(C(C)C)c3)C2)cc1. The van der Waals surface area contributed by atoms with Crippen molar-refractivity contribution in [2.75, 3.05) is 18.6 Å². The van der Waals surface area contributed by atoms with E-state index < -0.39 is 5.92 Å². The summed E-state index contributed by atoms with van der Waals surface area (Å²) < 4.78 is 10.5. The van der Waals surface area contributed by atoms with Gasteiger partial charge in [-0.1, -0.05) is 26.0 Å². The number of amides is 1. The second-order valence-corrected chi connectivity index (χ2v) is 6.75. The van der Waals surface area contributed by atoms with Gasteiger partial charge in [-0.25, -0.2) is 0 Å². The average Bonchev–Trinajstić information content (AvgIpc) is 3.04. The largest absolute Gasteiger partial charge is 0.497 e. The summed E-state index contributed by atoms with van der Waals surface area (Å²) in [6.07, 6.45) is 0.168. The smallest absolute Gasteiger partial charge is 0.316 e. The first-order valence-electron chi connectivity index (χ1n) is 8.74. The maximum absolute atomic E-state index is 12.4. The Balaban J connectivity index is 1.68. The highest BCUT2D eigenvalue weighted by Gasteiger charge is 2.36. The molecule has 2 aromatic rings. The third kappa shape index (κ3) is 3.87. The van der Waals surface area contributed by atoms with Gasteiger partial charge in [-0.2, -0.15) is 0 Å². The predicted molar refractivity (Wildman–Crippen MR) is 99.6 cm³/mol. The zero-order valence-electron chi connectivity index (χ0n) is 15.3. The lowest BCUT2D eigenvalue weighted by atomic mass is 10.0. The number of ether oxygens (including phenoxy) is 2. The van der Waals surface area contributed by atoms with Crippen LogP contribution in [0.3, 0.4) is 0 Å². The van der Waals surface area contributed by atoms with Crippen LogP contribution in [0.15, 0.2) is 48.5 Å². The average molecular weight is 353 g/mol. The second-order valence-electron chi connectivity index (χ2n) is 6.75. The van der Waals surface area contributed by atoms with E-state index in [1.165, 1.54) is 5.56 Å². The molecule has 5 heteroatoms. The van der Waals surface area contributed by atoms with Crippen molar-refractivity contribution in [2.24, 2.45) is 5.92 Å². The number of rotatable bonds is 5. The topological polar surface area (TPSA) is 55.8 Å². The van der Waals surface area contributed by atoms with Gasteiger partial charge in [0.05, 0.1) is 13.0 Å². The van der Waals surface area contributed by atoms with Crippen LogP contribution in [0.25, 0.3) is 0 Å². The molecule has 26 heavy (non-hydrogen) atoms. The lowest BCUT2D eigenvalue weighted by Crippen LogP contribution is -2.27. The lowest BCUT2D eigenvalue weighted by Gasteiger charge is -2.18. The fourth-order valence-electron chi connectivity index (χ4n) is 3.01. The highest BCUT2D eigenvalue weighted by Crippen LogP contribution is 2.29. The Morgan fingerprint density at radius 3 is 2.46 bits per heavy atom. The molecule has 1 atom stereocenters. The van der Waals surface area contributed by atoms with Gasteiger partial charge in [0.2, 0.25) is 5.91 Å². The zero-order valence-corrected chi connectivity index (χ0v) is 15.3. The maximum Gasteiger partial charge on any atom is 0.316 e. The Morgan fingerprint density at radius 1 is 1.12 bits per heavy atom. The summed E-state index contributed by atoms with van der Waals surface area (Å²) >= 11 is 0. The van der Waals surface area contributed by atoms with Gasteiger partial charge in [-0.3, -0.25) is 9.59 Å². The van der Waals surface area contributed by atoms with E-state index >= 15 is 0 Å². The van der Waals surface area contributed by atoms with Crippen molar-refractivity contribution in [3.63, 3.8) is 0 Å². The van der Waals surface area contributed by atoms with Crippen LogP contribution in [0.2, 0.25) is 0 Å². The van der Waals surface area contributed by atoms with E-state index in [2.05, 4.69) is 13.8 Å². The number of benzene rings is 2. The Hall–Kier alpha value is -2.82. The van der Waals surface area contributed by atoms with Gasteiger partial charge in [0.1, 0.15) is 11.5 Å². The molecule has 1 amide bonds. The molecule has 1 heterocycles. The van der Waals surface area contributed by atoms with Crippen molar-refractivity contribution in [1.82, 2.24) is 0 Å². The van der Waals surface area contributed by atoms with E-state index in [9.17, 15) is 9.59 Å². The molecule has 0 saturated carbocycles. The molecular weight excluding hydrogens is 330 g/mol. The van der Waals surface area contributed by atoms with Crippen molar-refractivity contribution in [2.45, 2.75) is 26.2 Å². The number of carbonyl (C=O) groups is 2. The molecule has 1 unspecified atom stereocenters. The van der Waals surface area contributed by atoms with Gasteiger partial charge >= 0.3 is 5.97 Å². The predicted octanol–water partition coefficient (Wildman–Crippen LogP) is 3.78. The lowest BCUT2D eigenvalue weighted by molar-refractivity contribution is -0.139. The first kappa shape index (κ1) is 18.0. The van der Waals surface area contributed by atoms with E-state index in [1.54, 1.807) is 36.3 Å². The monoisotopic (exact) mass is 353 g/mol. The number of esters is 1. The highest BCUT2D eigenvalue weighted by atomic mass is 16.5. The summed E-state index contributed by atoms with van der Waals surface area (Å²) in [5.41, 5.74) is 2.00. The van der Waals surface area contributed by atoms with Gasteiger partial charge in [0, 0.05) is 18.7 Å². The quantitative estimate of drug-likeness (QED) is 0.606. The van der Waals surface area contributed by atoms with E-state index in [0.29, 0.717) is 24.0 Å². The summed E-state index contributed by atoms with van der Waals surface area (Å²) in [5.74, 6) is 0.616. The minimum Gasteiger partial charge on any atom is -0.497 e. The van der Waals surface area contributed by atoms with Crippen molar-refractivity contribution in [3.8, 4) is 11.5 Å². The molecule has 0 radical (unpaired) electrons. The number of hydrogen-bond acceptors (Lipinski definition) is 4. The van der Waals surface area contributed by atoms with Crippen LogP contribution in [0.4, 0.5) is 5.69 Å². The van der Waals surface area contributed by atoms with Crippen molar-refractivity contribution in [1.29, 1.82) is 0 Å². The van der Waals surface area contributed by atoms with Gasteiger partial charge in [-0.05, 0) is 47.9 Å². The minimum atomic E-state index is -0.465. The molecule has 0 aliphatic carbocycles. The molecule has 1 fully saturated rings. The van der Waals surface area contributed by atoms with Crippen LogP contribution in [-0.2, 0) is 9.59 Å². The Morgan fingerprint density at radius 2 is 1.81 bits per heavy atom. The molecule has 5 nitrogen and oxygen atoms in total. The first-order valence-corrected chi connectivity index (χ1v) is 8.74. The molecule has 1 aliphatic rings. The normalized spacial score (nSPS) is 16.8. The highest BCUT2D eigenvalue weighted by molar-refractivity contribution is 5.99. The van der Waals surface area contributed by atoms with Crippen LogP contribution >= 0.6 is 0 Å². The molecule has 0 aromatic heterocycles. The molecular formula is C21H23NO4. The zero-order chi connectivity index (χ0) is 18.7. The van der Waals surface area contributed by atoms with Crippen LogP contribution in [0, 0.1) is 5.92 Å². The van der Waals surface area contributed by atoms with Crippen molar-refractivity contribution >= 4 is 17.6 Å². The molecule has 0 N–H and O–H groups in total. The van der Waals surface area contributed by atoms with E-state index in [0.717, 1.165) is 5.69 Å².